The molecule has 0 radical (unpaired) electrons. The zero-order valence-electron chi connectivity index (χ0n) is 27.8. The molecule has 3 aromatic rings. The average molecular weight is 629 g/mol. The number of aryl methyl sites for hydroxylation is 1. The number of likely N-dealkylation sites (tertiary alicyclic amines) is 1. The highest BCUT2D eigenvalue weighted by atomic mass is 16.1. The standard InChI is InChI=1S/C33H48N12O/c1-22-9-10-23(31(46)40-26(35)20-25(34)33(2,3)4)19-24(22)39-30-28-27(37-21-38-30)29(36-5)42-32(41-28)45-17-15-44(16-18-45)14-8-13-43-11-6-7-12-43/h9-10,19-21,34H,6-8,11-18,35H2,1-5H3,(H,40,46)(H,36,41,42)(H,37,38,39)/b26-20+,34-25?. The number of nitrogens with one attached hydrogen (secondary N) is 4. The van der Waals surface area contributed by atoms with E-state index in [1.54, 1.807) is 12.1 Å². The second-order valence-electron chi connectivity index (χ2n) is 13.1. The van der Waals surface area contributed by atoms with Gasteiger partial charge in [0.2, 0.25) is 5.95 Å². The molecule has 0 atom stereocenters. The minimum Gasteiger partial charge on any atom is -0.385 e. The van der Waals surface area contributed by atoms with Crippen molar-refractivity contribution in [2.45, 2.75) is 47.0 Å². The summed E-state index contributed by atoms with van der Waals surface area (Å²) in [7, 11) is 1.83. The Kier molecular flexibility index (Phi) is 10.3. The molecule has 0 unspecified atom stereocenters. The first-order valence-corrected chi connectivity index (χ1v) is 16.2. The van der Waals surface area contributed by atoms with Crippen molar-refractivity contribution in [2.24, 2.45) is 11.1 Å². The van der Waals surface area contributed by atoms with E-state index in [1.807, 2.05) is 40.8 Å². The van der Waals surface area contributed by atoms with Crippen molar-refractivity contribution >= 4 is 45.9 Å². The van der Waals surface area contributed by atoms with E-state index in [2.05, 4.69) is 40.6 Å². The van der Waals surface area contributed by atoms with Crippen molar-refractivity contribution in [2.75, 3.05) is 74.9 Å². The Balaban J connectivity index is 1.31. The third-order valence-electron chi connectivity index (χ3n) is 8.63. The van der Waals surface area contributed by atoms with Gasteiger partial charge in [-0.2, -0.15) is 4.98 Å². The van der Waals surface area contributed by atoms with Gasteiger partial charge in [0.05, 0.1) is 0 Å². The highest BCUT2D eigenvalue weighted by Crippen LogP contribution is 2.29. The molecule has 2 aromatic heterocycles. The molecule has 246 valence electrons. The van der Waals surface area contributed by atoms with Crippen molar-refractivity contribution < 1.29 is 4.79 Å². The van der Waals surface area contributed by atoms with Gasteiger partial charge in [-0.1, -0.05) is 26.8 Å². The Hall–Kier alpha value is -4.36. The molecular weight excluding hydrogens is 580 g/mol. The summed E-state index contributed by atoms with van der Waals surface area (Å²) >= 11 is 0. The normalized spacial score (nSPS) is 16.5. The monoisotopic (exact) mass is 628 g/mol. The van der Waals surface area contributed by atoms with Crippen LogP contribution in [0.25, 0.3) is 11.0 Å². The van der Waals surface area contributed by atoms with E-state index in [4.69, 9.17) is 21.1 Å². The van der Waals surface area contributed by atoms with Crippen LogP contribution in [0.5, 0.6) is 0 Å². The van der Waals surface area contributed by atoms with Gasteiger partial charge in [-0.05, 0) is 76.1 Å². The molecule has 13 nitrogen and oxygen atoms in total. The number of piperazine rings is 1. The fraction of sp³-hybridized carbons (Fsp3) is 0.515. The van der Waals surface area contributed by atoms with Crippen LogP contribution >= 0.6 is 0 Å². The molecule has 2 saturated heterocycles. The third kappa shape index (κ3) is 8.07. The number of aromatic nitrogens is 4. The number of rotatable bonds is 11. The molecule has 1 aromatic carbocycles. The van der Waals surface area contributed by atoms with Gasteiger partial charge in [0.15, 0.2) is 11.6 Å². The molecule has 5 rings (SSSR count). The second-order valence-corrected chi connectivity index (χ2v) is 13.1. The van der Waals surface area contributed by atoms with E-state index in [1.165, 1.54) is 51.3 Å². The second kappa shape index (κ2) is 14.4. The number of nitrogens with two attached hydrogens (primary N) is 1. The first-order chi connectivity index (χ1) is 22.0. The first-order valence-electron chi connectivity index (χ1n) is 16.2. The predicted octanol–water partition coefficient (Wildman–Crippen LogP) is 3.72. The highest BCUT2D eigenvalue weighted by Gasteiger charge is 2.23. The SMILES string of the molecule is CNc1nc(N2CCN(CCCN3CCCC3)CC2)nc2c(Nc3cc(C(=O)N/C(N)=C/C(=N)C(C)(C)C)ccc3C)ncnc12. The van der Waals surface area contributed by atoms with Crippen molar-refractivity contribution in [3.63, 3.8) is 0 Å². The zero-order chi connectivity index (χ0) is 32.8. The van der Waals surface area contributed by atoms with Gasteiger partial charge in [-0.3, -0.25) is 9.69 Å². The number of carbonyl (C=O) groups is 1. The Morgan fingerprint density at radius 3 is 2.35 bits per heavy atom. The number of hydrogen-bond donors (Lipinski definition) is 5. The molecule has 0 aliphatic carbocycles. The van der Waals surface area contributed by atoms with Crippen molar-refractivity contribution in [3.8, 4) is 0 Å². The molecule has 0 spiro atoms. The molecule has 46 heavy (non-hydrogen) atoms. The van der Waals surface area contributed by atoms with Crippen LogP contribution in [0.3, 0.4) is 0 Å². The van der Waals surface area contributed by atoms with E-state index < -0.39 is 0 Å². The quantitative estimate of drug-likeness (QED) is 0.197. The number of allylic oxidation sites excluding steroid dienone is 1. The van der Waals surface area contributed by atoms with Crippen LogP contribution in [0.1, 0.15) is 56.0 Å². The lowest BCUT2D eigenvalue weighted by Gasteiger charge is -2.35. The lowest BCUT2D eigenvalue weighted by Crippen LogP contribution is -2.47. The van der Waals surface area contributed by atoms with E-state index in [0.717, 1.165) is 38.3 Å². The van der Waals surface area contributed by atoms with Crippen LogP contribution in [0.4, 0.5) is 23.3 Å². The summed E-state index contributed by atoms with van der Waals surface area (Å²) in [5, 5.41) is 17.5. The number of anilines is 4. The lowest BCUT2D eigenvalue weighted by atomic mass is 9.90. The fourth-order valence-corrected chi connectivity index (χ4v) is 5.68. The van der Waals surface area contributed by atoms with Crippen LogP contribution in [0, 0.1) is 17.7 Å². The first kappa shape index (κ1) is 33.0. The predicted molar refractivity (Wildman–Crippen MR) is 185 cm³/mol. The van der Waals surface area contributed by atoms with Crippen LogP contribution in [-0.4, -0.2) is 101 Å². The van der Waals surface area contributed by atoms with Crippen LogP contribution in [0.2, 0.25) is 0 Å². The fourth-order valence-electron chi connectivity index (χ4n) is 5.68. The maximum Gasteiger partial charge on any atom is 0.256 e. The zero-order valence-corrected chi connectivity index (χ0v) is 27.8. The summed E-state index contributed by atoms with van der Waals surface area (Å²) in [5.41, 5.74) is 9.22. The number of nitrogens with zero attached hydrogens (tertiary/aromatic N) is 7. The largest absolute Gasteiger partial charge is 0.385 e. The molecule has 2 aliphatic heterocycles. The Morgan fingerprint density at radius 1 is 0.978 bits per heavy atom. The maximum absolute atomic E-state index is 13.1. The summed E-state index contributed by atoms with van der Waals surface area (Å²) in [5.74, 6) is 1.53. The van der Waals surface area contributed by atoms with Gasteiger partial charge in [0.25, 0.3) is 5.91 Å². The third-order valence-corrected chi connectivity index (χ3v) is 8.63. The number of carbonyl (C=O) groups excluding carboxylic acids is 1. The number of fused-ring (bicyclic) bond motifs is 1. The topological polar surface area (TPSA) is 164 Å². The number of benzene rings is 1. The molecule has 0 saturated carbocycles. The van der Waals surface area contributed by atoms with Gasteiger partial charge in [-0.25, -0.2) is 15.0 Å². The summed E-state index contributed by atoms with van der Waals surface area (Å²) < 4.78 is 0. The Morgan fingerprint density at radius 2 is 1.67 bits per heavy atom. The molecule has 1 amide bonds. The van der Waals surface area contributed by atoms with Gasteiger partial charge in [-0.15, -0.1) is 0 Å². The van der Waals surface area contributed by atoms with Gasteiger partial charge >= 0.3 is 0 Å². The van der Waals surface area contributed by atoms with Gasteiger partial charge < -0.3 is 36.9 Å². The minimum atomic E-state index is -0.381. The number of hydrogen-bond acceptors (Lipinski definition) is 12. The summed E-state index contributed by atoms with van der Waals surface area (Å²) in [6.45, 7) is 16.1. The smallest absolute Gasteiger partial charge is 0.256 e. The van der Waals surface area contributed by atoms with Crippen LogP contribution in [0.15, 0.2) is 36.4 Å². The average Bonchev–Trinajstić information content (AvgIpc) is 3.55. The molecular formula is C33H48N12O. The minimum absolute atomic E-state index is 0.119. The number of amides is 1. The maximum atomic E-state index is 13.1. The summed E-state index contributed by atoms with van der Waals surface area (Å²) in [4.78, 5) is 39.2. The van der Waals surface area contributed by atoms with E-state index >= 15 is 0 Å². The molecule has 13 heteroatoms. The van der Waals surface area contributed by atoms with E-state index in [9.17, 15) is 4.79 Å². The van der Waals surface area contributed by atoms with Crippen LogP contribution in [-0.2, 0) is 0 Å². The van der Waals surface area contributed by atoms with Crippen LogP contribution < -0.4 is 26.6 Å². The molecule has 6 N–H and O–H groups in total. The Labute approximate surface area is 271 Å². The lowest BCUT2D eigenvalue weighted by molar-refractivity contribution is 0.0965. The molecule has 2 aliphatic rings. The summed E-state index contributed by atoms with van der Waals surface area (Å²) in [6, 6.07) is 5.36. The van der Waals surface area contributed by atoms with E-state index in [-0.39, 0.29) is 17.1 Å². The van der Waals surface area contributed by atoms with E-state index in [0.29, 0.717) is 45.6 Å². The van der Waals surface area contributed by atoms with Gasteiger partial charge in [0.1, 0.15) is 23.2 Å². The molecule has 2 fully saturated rings. The van der Waals surface area contributed by atoms with Crippen molar-refractivity contribution in [1.82, 2.24) is 35.1 Å². The van der Waals surface area contributed by atoms with Crippen molar-refractivity contribution in [3.05, 3.63) is 47.6 Å². The molecule has 4 heterocycles. The summed E-state index contributed by atoms with van der Waals surface area (Å²) in [6.07, 6.45) is 6.84. The Bertz CT molecular complexity index is 1580. The highest BCUT2D eigenvalue weighted by molar-refractivity contribution is 6.00. The van der Waals surface area contributed by atoms with Crippen molar-refractivity contribution in [1.29, 1.82) is 5.41 Å². The van der Waals surface area contributed by atoms with Gasteiger partial charge in [0, 0.05) is 55.6 Å². The molecule has 0 bridgehead atoms.